The van der Waals surface area contributed by atoms with E-state index in [0.29, 0.717) is 10.0 Å². The monoisotopic (exact) mass is 391 g/mol. The Morgan fingerprint density at radius 3 is 2.50 bits per heavy atom. The molecule has 1 nitrogen and oxygen atoms in total. The minimum absolute atomic E-state index is 0.235. The molecule has 0 aliphatic rings. The van der Waals surface area contributed by atoms with Gasteiger partial charge >= 0.3 is 0 Å². The van der Waals surface area contributed by atoms with Gasteiger partial charge in [-0.25, -0.2) is 0 Å². The minimum atomic E-state index is -0.235. The van der Waals surface area contributed by atoms with Crippen LogP contribution in [0.4, 0.5) is 0 Å². The lowest BCUT2D eigenvalue weighted by atomic mass is 9.98. The maximum atomic E-state index is 6.30. The Labute approximate surface area is 130 Å². The largest absolute Gasteiger partial charge is 0.320 e. The second kappa shape index (κ2) is 5.78. The Hall–Kier alpha value is -0.290. The van der Waals surface area contributed by atoms with Gasteiger partial charge in [0.25, 0.3) is 0 Å². The van der Waals surface area contributed by atoms with Crippen LogP contribution < -0.4 is 5.73 Å². The van der Waals surface area contributed by atoms with Crippen molar-refractivity contribution in [1.82, 2.24) is 0 Å². The molecule has 0 bridgehead atoms. The van der Waals surface area contributed by atoms with E-state index >= 15 is 0 Å². The molecule has 0 amide bonds. The SMILES string of the molecule is Cc1cccc(C(N)c2ccc(Cl)cc2Cl)c1I. The summed E-state index contributed by atoms with van der Waals surface area (Å²) in [5, 5.41) is 1.22. The molecule has 0 aromatic heterocycles. The molecule has 0 aliphatic carbocycles. The molecule has 2 aromatic carbocycles. The summed E-state index contributed by atoms with van der Waals surface area (Å²) < 4.78 is 1.17. The number of rotatable bonds is 2. The lowest BCUT2D eigenvalue weighted by molar-refractivity contribution is 0.863. The van der Waals surface area contributed by atoms with E-state index in [0.717, 1.165) is 11.1 Å². The summed E-state index contributed by atoms with van der Waals surface area (Å²) in [5.41, 5.74) is 9.50. The van der Waals surface area contributed by atoms with Crippen LogP contribution in [0.15, 0.2) is 36.4 Å². The normalized spacial score (nSPS) is 12.5. The number of benzene rings is 2. The molecular weight excluding hydrogens is 380 g/mol. The van der Waals surface area contributed by atoms with Crippen molar-refractivity contribution in [3.63, 3.8) is 0 Å². The topological polar surface area (TPSA) is 26.0 Å². The quantitative estimate of drug-likeness (QED) is 0.719. The van der Waals surface area contributed by atoms with Crippen LogP contribution in [-0.4, -0.2) is 0 Å². The fourth-order valence-electron chi connectivity index (χ4n) is 1.83. The predicted molar refractivity (Wildman–Crippen MR) is 86.4 cm³/mol. The number of halogens is 3. The van der Waals surface area contributed by atoms with Gasteiger partial charge in [0.1, 0.15) is 0 Å². The first-order chi connectivity index (χ1) is 8.50. The number of hydrogen-bond donors (Lipinski definition) is 1. The summed E-state index contributed by atoms with van der Waals surface area (Å²) in [6.07, 6.45) is 0. The number of aryl methyl sites for hydroxylation is 1. The molecule has 18 heavy (non-hydrogen) atoms. The van der Waals surface area contributed by atoms with E-state index in [1.54, 1.807) is 6.07 Å². The third-order valence-electron chi connectivity index (χ3n) is 2.85. The van der Waals surface area contributed by atoms with Gasteiger partial charge in [0, 0.05) is 13.6 Å². The second-order valence-corrected chi connectivity index (χ2v) is 6.04. The zero-order valence-electron chi connectivity index (χ0n) is 9.75. The summed E-state index contributed by atoms with van der Waals surface area (Å²) in [6, 6.07) is 11.3. The molecule has 0 saturated heterocycles. The van der Waals surface area contributed by atoms with E-state index < -0.39 is 0 Å². The molecule has 0 saturated carbocycles. The summed E-state index contributed by atoms with van der Waals surface area (Å²) in [6.45, 7) is 2.07. The van der Waals surface area contributed by atoms with E-state index in [4.69, 9.17) is 28.9 Å². The molecule has 4 heteroatoms. The van der Waals surface area contributed by atoms with Crippen molar-refractivity contribution in [1.29, 1.82) is 0 Å². The fourth-order valence-corrected chi connectivity index (χ4v) is 3.05. The lowest BCUT2D eigenvalue weighted by Crippen LogP contribution is -2.14. The van der Waals surface area contributed by atoms with Crippen LogP contribution >= 0.6 is 45.8 Å². The molecule has 0 radical (unpaired) electrons. The van der Waals surface area contributed by atoms with Gasteiger partial charge in [-0.3, -0.25) is 0 Å². The second-order valence-electron chi connectivity index (χ2n) is 4.12. The molecule has 0 fully saturated rings. The Balaban J connectivity index is 2.48. The summed E-state index contributed by atoms with van der Waals surface area (Å²) in [4.78, 5) is 0. The van der Waals surface area contributed by atoms with E-state index in [-0.39, 0.29) is 6.04 Å². The Morgan fingerprint density at radius 2 is 1.83 bits per heavy atom. The Morgan fingerprint density at radius 1 is 1.11 bits per heavy atom. The maximum absolute atomic E-state index is 6.30. The van der Waals surface area contributed by atoms with Gasteiger partial charge < -0.3 is 5.73 Å². The van der Waals surface area contributed by atoms with Crippen molar-refractivity contribution in [2.75, 3.05) is 0 Å². The Kier molecular flexibility index (Phi) is 4.54. The van der Waals surface area contributed by atoms with Crippen LogP contribution in [0.1, 0.15) is 22.7 Å². The van der Waals surface area contributed by atoms with E-state index in [9.17, 15) is 0 Å². The molecule has 1 unspecified atom stereocenters. The first-order valence-electron chi connectivity index (χ1n) is 5.46. The molecule has 2 rings (SSSR count). The summed E-state index contributed by atoms with van der Waals surface area (Å²) >= 11 is 14.4. The van der Waals surface area contributed by atoms with E-state index in [2.05, 4.69) is 35.6 Å². The fraction of sp³-hybridized carbons (Fsp3) is 0.143. The van der Waals surface area contributed by atoms with Gasteiger partial charge in [-0.1, -0.05) is 47.5 Å². The highest BCUT2D eigenvalue weighted by Gasteiger charge is 2.16. The molecule has 0 aliphatic heterocycles. The number of hydrogen-bond acceptors (Lipinski definition) is 1. The van der Waals surface area contributed by atoms with Gasteiger partial charge in [-0.2, -0.15) is 0 Å². The standard InChI is InChI=1S/C14H12Cl2IN/c1-8-3-2-4-11(13(8)17)14(18)10-6-5-9(15)7-12(10)16/h2-7,14H,18H2,1H3. The van der Waals surface area contributed by atoms with Crippen LogP contribution in [0.3, 0.4) is 0 Å². The van der Waals surface area contributed by atoms with Gasteiger partial charge in [0.05, 0.1) is 6.04 Å². The van der Waals surface area contributed by atoms with Crippen LogP contribution in [0.2, 0.25) is 10.0 Å². The van der Waals surface area contributed by atoms with E-state index in [1.807, 2.05) is 24.3 Å². The highest BCUT2D eigenvalue weighted by molar-refractivity contribution is 14.1. The first kappa shape index (κ1) is 14.1. The lowest BCUT2D eigenvalue weighted by Gasteiger charge is -2.17. The van der Waals surface area contributed by atoms with Gasteiger partial charge in [-0.15, -0.1) is 0 Å². The average Bonchev–Trinajstić information content (AvgIpc) is 2.32. The van der Waals surface area contributed by atoms with Crippen LogP contribution in [0.5, 0.6) is 0 Å². The third kappa shape index (κ3) is 2.82. The summed E-state index contributed by atoms with van der Waals surface area (Å²) in [7, 11) is 0. The zero-order valence-corrected chi connectivity index (χ0v) is 13.4. The van der Waals surface area contributed by atoms with Crippen molar-refractivity contribution < 1.29 is 0 Å². The van der Waals surface area contributed by atoms with Crippen LogP contribution in [0, 0.1) is 10.5 Å². The maximum Gasteiger partial charge on any atom is 0.0577 e. The first-order valence-corrected chi connectivity index (χ1v) is 7.29. The molecule has 2 N–H and O–H groups in total. The molecule has 94 valence electrons. The third-order valence-corrected chi connectivity index (χ3v) is 4.89. The highest BCUT2D eigenvalue weighted by atomic mass is 127. The minimum Gasteiger partial charge on any atom is -0.320 e. The van der Waals surface area contributed by atoms with Gasteiger partial charge in [0.2, 0.25) is 0 Å². The van der Waals surface area contributed by atoms with Crippen molar-refractivity contribution in [3.8, 4) is 0 Å². The highest BCUT2D eigenvalue weighted by Crippen LogP contribution is 2.31. The van der Waals surface area contributed by atoms with Crippen LogP contribution in [0.25, 0.3) is 0 Å². The molecular formula is C14H12Cl2IN. The molecule has 1 atom stereocenters. The summed E-state index contributed by atoms with van der Waals surface area (Å²) in [5.74, 6) is 0. The van der Waals surface area contributed by atoms with Crippen molar-refractivity contribution >= 4 is 45.8 Å². The average molecular weight is 392 g/mol. The molecule has 0 heterocycles. The van der Waals surface area contributed by atoms with E-state index in [1.165, 1.54) is 9.13 Å². The van der Waals surface area contributed by atoms with Crippen molar-refractivity contribution in [3.05, 3.63) is 66.7 Å². The van der Waals surface area contributed by atoms with Gasteiger partial charge in [0.15, 0.2) is 0 Å². The number of nitrogens with two attached hydrogens (primary N) is 1. The van der Waals surface area contributed by atoms with Crippen molar-refractivity contribution in [2.24, 2.45) is 5.73 Å². The molecule has 0 spiro atoms. The zero-order chi connectivity index (χ0) is 13.3. The molecule has 2 aromatic rings. The predicted octanol–water partition coefficient (Wildman–Crippen LogP) is 4.95. The van der Waals surface area contributed by atoms with Crippen LogP contribution in [-0.2, 0) is 0 Å². The Bertz CT molecular complexity index is 584. The van der Waals surface area contributed by atoms with Gasteiger partial charge in [-0.05, 0) is 58.3 Å². The van der Waals surface area contributed by atoms with Crippen molar-refractivity contribution in [2.45, 2.75) is 13.0 Å². The smallest absolute Gasteiger partial charge is 0.0577 e.